The molecule has 0 fully saturated rings. The van der Waals surface area contributed by atoms with Crippen molar-refractivity contribution in [3.63, 3.8) is 0 Å². The van der Waals surface area contributed by atoms with Crippen LogP contribution in [0.15, 0.2) is 42.5 Å². The lowest BCUT2D eigenvalue weighted by Crippen LogP contribution is -1.99. The zero-order valence-corrected chi connectivity index (χ0v) is 10.6. The van der Waals surface area contributed by atoms with Gasteiger partial charge in [-0.2, -0.15) is 0 Å². The molecule has 0 amide bonds. The summed E-state index contributed by atoms with van der Waals surface area (Å²) in [6.45, 7) is 2.22. The molecule has 0 aliphatic rings. The Morgan fingerprint density at radius 3 is 2.39 bits per heavy atom. The molecule has 0 heterocycles. The zero-order valence-electron chi connectivity index (χ0n) is 10.6. The molecule has 0 spiro atoms. The van der Waals surface area contributed by atoms with Crippen LogP contribution in [0.4, 0.5) is 4.39 Å². The number of nitrogens with two attached hydrogens (primary N) is 1. The van der Waals surface area contributed by atoms with E-state index in [1.807, 2.05) is 30.3 Å². The van der Waals surface area contributed by atoms with E-state index in [0.717, 1.165) is 28.7 Å². The van der Waals surface area contributed by atoms with Crippen molar-refractivity contribution < 1.29 is 4.39 Å². The minimum absolute atomic E-state index is 0.433. The van der Waals surface area contributed by atoms with Gasteiger partial charge in [-0.1, -0.05) is 49.4 Å². The maximum atomic E-state index is 13.0. The van der Waals surface area contributed by atoms with Gasteiger partial charge in [-0.15, -0.1) is 0 Å². The Balaban J connectivity index is 2.56. The van der Waals surface area contributed by atoms with Crippen LogP contribution in [-0.2, 0) is 19.6 Å². The average molecular weight is 243 g/mol. The van der Waals surface area contributed by atoms with Crippen LogP contribution in [0.2, 0.25) is 0 Å². The van der Waals surface area contributed by atoms with Gasteiger partial charge in [-0.3, -0.25) is 0 Å². The molecule has 18 heavy (non-hydrogen) atoms. The molecule has 0 saturated carbocycles. The Labute approximate surface area is 107 Å². The van der Waals surface area contributed by atoms with Crippen molar-refractivity contribution in [3.05, 3.63) is 59.2 Å². The molecule has 0 saturated heterocycles. The third kappa shape index (κ3) is 2.44. The molecule has 2 aromatic carbocycles. The molecule has 1 nitrogen and oxygen atoms in total. The van der Waals surface area contributed by atoms with E-state index < -0.39 is 6.67 Å². The number of hydrogen-bond acceptors (Lipinski definition) is 1. The van der Waals surface area contributed by atoms with Gasteiger partial charge in [0.15, 0.2) is 0 Å². The highest BCUT2D eigenvalue weighted by Gasteiger charge is 2.08. The van der Waals surface area contributed by atoms with Gasteiger partial charge in [0.2, 0.25) is 0 Å². The Hall–Kier alpha value is -1.67. The minimum Gasteiger partial charge on any atom is -0.326 e. The first kappa shape index (κ1) is 12.8. The van der Waals surface area contributed by atoms with Gasteiger partial charge < -0.3 is 5.73 Å². The fourth-order valence-electron chi connectivity index (χ4n) is 2.23. The fourth-order valence-corrected chi connectivity index (χ4v) is 2.23. The topological polar surface area (TPSA) is 26.0 Å². The van der Waals surface area contributed by atoms with Crippen LogP contribution in [-0.4, -0.2) is 0 Å². The summed E-state index contributed by atoms with van der Waals surface area (Å²) >= 11 is 0. The van der Waals surface area contributed by atoms with Crippen molar-refractivity contribution in [1.82, 2.24) is 0 Å². The van der Waals surface area contributed by atoms with E-state index in [0.29, 0.717) is 6.54 Å². The summed E-state index contributed by atoms with van der Waals surface area (Å²) < 4.78 is 13.0. The number of aryl methyl sites for hydroxylation is 1. The quantitative estimate of drug-likeness (QED) is 0.867. The summed E-state index contributed by atoms with van der Waals surface area (Å²) in [4.78, 5) is 0. The maximum Gasteiger partial charge on any atom is 0.115 e. The molecule has 2 N–H and O–H groups in total. The van der Waals surface area contributed by atoms with Crippen molar-refractivity contribution in [3.8, 4) is 11.1 Å². The van der Waals surface area contributed by atoms with Gasteiger partial charge in [-0.25, -0.2) is 4.39 Å². The first-order valence-electron chi connectivity index (χ1n) is 6.26. The highest BCUT2D eigenvalue weighted by Crippen LogP contribution is 2.29. The van der Waals surface area contributed by atoms with E-state index in [9.17, 15) is 4.39 Å². The summed E-state index contributed by atoms with van der Waals surface area (Å²) in [6.07, 6.45) is 0.920. The molecular weight excluding hydrogens is 225 g/mol. The SMILES string of the molecule is CCc1cc(CN)ccc1-c1ccccc1CF. The third-order valence-electron chi connectivity index (χ3n) is 3.24. The zero-order chi connectivity index (χ0) is 13.0. The van der Waals surface area contributed by atoms with Crippen molar-refractivity contribution in [2.75, 3.05) is 0 Å². The number of rotatable bonds is 4. The first-order chi connectivity index (χ1) is 8.80. The molecule has 0 aliphatic carbocycles. The molecule has 2 rings (SSSR count). The van der Waals surface area contributed by atoms with Crippen LogP contribution in [0.3, 0.4) is 0 Å². The number of alkyl halides is 1. The van der Waals surface area contributed by atoms with Gasteiger partial charge in [0.05, 0.1) is 0 Å². The average Bonchev–Trinajstić information content (AvgIpc) is 2.46. The molecule has 0 unspecified atom stereocenters. The van der Waals surface area contributed by atoms with Crippen LogP contribution in [0.5, 0.6) is 0 Å². The second kappa shape index (κ2) is 5.78. The molecule has 0 aliphatic heterocycles. The van der Waals surface area contributed by atoms with E-state index in [-0.39, 0.29) is 0 Å². The molecule has 94 valence electrons. The van der Waals surface area contributed by atoms with E-state index in [4.69, 9.17) is 5.73 Å². The van der Waals surface area contributed by atoms with E-state index in [1.54, 1.807) is 0 Å². The summed E-state index contributed by atoms with van der Waals surface area (Å²) in [7, 11) is 0. The Morgan fingerprint density at radius 1 is 1.00 bits per heavy atom. The minimum atomic E-state index is -0.433. The van der Waals surface area contributed by atoms with Gasteiger partial charge in [0.25, 0.3) is 0 Å². The number of halogens is 1. The Kier molecular flexibility index (Phi) is 4.11. The smallest absolute Gasteiger partial charge is 0.115 e. The molecule has 0 bridgehead atoms. The highest BCUT2D eigenvalue weighted by atomic mass is 19.1. The van der Waals surface area contributed by atoms with Crippen LogP contribution in [0.1, 0.15) is 23.6 Å². The number of hydrogen-bond donors (Lipinski definition) is 1. The lowest BCUT2D eigenvalue weighted by Gasteiger charge is -2.12. The molecule has 2 heteroatoms. The Bertz CT molecular complexity index is 534. The summed E-state index contributed by atoms with van der Waals surface area (Å²) in [6, 6.07) is 13.8. The van der Waals surface area contributed by atoms with Gasteiger partial charge in [0, 0.05) is 6.54 Å². The highest BCUT2D eigenvalue weighted by molar-refractivity contribution is 5.71. The van der Waals surface area contributed by atoms with Gasteiger partial charge in [0.1, 0.15) is 6.67 Å². The van der Waals surface area contributed by atoms with Gasteiger partial charge in [-0.05, 0) is 34.2 Å². The van der Waals surface area contributed by atoms with Crippen LogP contribution >= 0.6 is 0 Å². The largest absolute Gasteiger partial charge is 0.326 e. The number of benzene rings is 2. The van der Waals surface area contributed by atoms with Crippen molar-refractivity contribution >= 4 is 0 Å². The second-order valence-corrected chi connectivity index (χ2v) is 4.34. The molecular formula is C16H18FN. The van der Waals surface area contributed by atoms with Gasteiger partial charge >= 0.3 is 0 Å². The van der Waals surface area contributed by atoms with Crippen LogP contribution in [0.25, 0.3) is 11.1 Å². The predicted octanol–water partition coefficient (Wildman–Crippen LogP) is 3.84. The van der Waals surface area contributed by atoms with E-state index in [2.05, 4.69) is 19.1 Å². The van der Waals surface area contributed by atoms with Crippen molar-refractivity contribution in [2.24, 2.45) is 5.73 Å². The van der Waals surface area contributed by atoms with Crippen molar-refractivity contribution in [1.29, 1.82) is 0 Å². The molecule has 0 radical (unpaired) electrons. The lowest BCUT2D eigenvalue weighted by molar-refractivity contribution is 0.486. The third-order valence-corrected chi connectivity index (χ3v) is 3.24. The monoisotopic (exact) mass is 243 g/mol. The Morgan fingerprint density at radius 2 is 1.72 bits per heavy atom. The summed E-state index contributed by atoms with van der Waals surface area (Å²) in [5.41, 5.74) is 10.8. The van der Waals surface area contributed by atoms with E-state index >= 15 is 0 Å². The van der Waals surface area contributed by atoms with Crippen LogP contribution < -0.4 is 5.73 Å². The normalized spacial score (nSPS) is 10.6. The van der Waals surface area contributed by atoms with Crippen molar-refractivity contribution in [2.45, 2.75) is 26.6 Å². The van der Waals surface area contributed by atoms with E-state index in [1.165, 1.54) is 5.56 Å². The standard InChI is InChI=1S/C16H18FN/c1-2-13-9-12(11-18)7-8-16(13)15-6-4-3-5-14(15)10-17/h3-9H,2,10-11,18H2,1H3. The molecule has 2 aromatic rings. The second-order valence-electron chi connectivity index (χ2n) is 4.34. The molecule has 0 aromatic heterocycles. The van der Waals surface area contributed by atoms with Crippen LogP contribution in [0, 0.1) is 0 Å². The maximum absolute atomic E-state index is 13.0. The summed E-state index contributed by atoms with van der Waals surface area (Å²) in [5.74, 6) is 0. The fraction of sp³-hybridized carbons (Fsp3) is 0.250. The predicted molar refractivity (Wildman–Crippen MR) is 74.0 cm³/mol. The lowest BCUT2D eigenvalue weighted by atomic mass is 9.93. The summed E-state index contributed by atoms with van der Waals surface area (Å²) in [5, 5.41) is 0. The molecule has 0 atom stereocenters. The first-order valence-corrected chi connectivity index (χ1v) is 6.26.